The van der Waals surface area contributed by atoms with Crippen LogP contribution in [0.3, 0.4) is 0 Å². The quantitative estimate of drug-likeness (QED) is 0.799. The maximum atomic E-state index is 12.0. The summed E-state index contributed by atoms with van der Waals surface area (Å²) in [4.78, 5) is 23.4. The average molecular weight is 278 g/mol. The van der Waals surface area contributed by atoms with E-state index < -0.39 is 12.1 Å². The zero-order chi connectivity index (χ0) is 14.5. The lowest BCUT2D eigenvalue weighted by Crippen LogP contribution is -2.29. The van der Waals surface area contributed by atoms with Gasteiger partial charge in [0, 0.05) is 12.2 Å². The monoisotopic (exact) mass is 278 g/mol. The Morgan fingerprint density at radius 2 is 2.25 bits per heavy atom. The maximum absolute atomic E-state index is 12.0. The lowest BCUT2D eigenvalue weighted by atomic mass is 10.1. The van der Waals surface area contributed by atoms with Crippen LogP contribution in [0.1, 0.15) is 23.2 Å². The second-order valence-electron chi connectivity index (χ2n) is 4.62. The van der Waals surface area contributed by atoms with E-state index in [1.807, 2.05) is 0 Å². The summed E-state index contributed by atoms with van der Waals surface area (Å²) in [6, 6.07) is 6.58. The van der Waals surface area contributed by atoms with Gasteiger partial charge in [-0.05, 0) is 31.0 Å². The minimum Gasteiger partial charge on any atom is -0.465 e. The van der Waals surface area contributed by atoms with E-state index in [4.69, 9.17) is 10.5 Å². The minimum absolute atomic E-state index is 0.0489. The molecule has 1 saturated heterocycles. The summed E-state index contributed by atoms with van der Waals surface area (Å²) in [5.74, 6) is -0.663. The van der Waals surface area contributed by atoms with Gasteiger partial charge in [-0.1, -0.05) is 6.07 Å². The van der Waals surface area contributed by atoms with E-state index in [1.54, 1.807) is 24.3 Å². The third kappa shape index (κ3) is 3.34. The highest BCUT2D eigenvalue weighted by Gasteiger charge is 2.29. The number of carbonyl (C=O) groups excluding carboxylic acids is 2. The number of esters is 1. The summed E-state index contributed by atoms with van der Waals surface area (Å²) in [5.41, 5.74) is 6.44. The first kappa shape index (κ1) is 14.5. The van der Waals surface area contributed by atoms with Gasteiger partial charge < -0.3 is 20.5 Å². The molecule has 0 radical (unpaired) electrons. The molecule has 2 unspecified atom stereocenters. The number of amides is 1. The number of carbonyl (C=O) groups is 2. The van der Waals surface area contributed by atoms with Crippen molar-refractivity contribution in [2.24, 2.45) is 5.73 Å². The number of rotatable bonds is 4. The highest BCUT2D eigenvalue weighted by Crippen LogP contribution is 2.21. The molecule has 0 bridgehead atoms. The number of anilines is 1. The molecule has 1 aromatic rings. The van der Waals surface area contributed by atoms with Crippen LogP contribution in [0.5, 0.6) is 0 Å². The molecule has 2 atom stereocenters. The van der Waals surface area contributed by atoms with Crippen molar-refractivity contribution in [3.63, 3.8) is 0 Å². The van der Waals surface area contributed by atoms with Crippen molar-refractivity contribution >= 4 is 17.6 Å². The first-order valence-electron chi connectivity index (χ1n) is 6.49. The Morgan fingerprint density at radius 3 is 2.90 bits per heavy atom. The Hall–Kier alpha value is -1.92. The SMILES string of the molecule is COC(=O)c1cccc(NC(=O)C2CCC(CN)O2)c1. The van der Waals surface area contributed by atoms with E-state index in [0.29, 0.717) is 24.2 Å². The van der Waals surface area contributed by atoms with Crippen LogP contribution in [0.4, 0.5) is 5.69 Å². The molecule has 1 heterocycles. The molecule has 1 aliphatic heterocycles. The van der Waals surface area contributed by atoms with Crippen LogP contribution in [0, 0.1) is 0 Å². The van der Waals surface area contributed by atoms with Crippen LogP contribution >= 0.6 is 0 Å². The number of methoxy groups -OCH3 is 1. The van der Waals surface area contributed by atoms with Crippen molar-refractivity contribution < 1.29 is 19.1 Å². The van der Waals surface area contributed by atoms with Crippen LogP contribution in [0.25, 0.3) is 0 Å². The van der Waals surface area contributed by atoms with E-state index in [2.05, 4.69) is 10.1 Å². The summed E-state index contributed by atoms with van der Waals surface area (Å²) in [7, 11) is 1.31. The Bertz CT molecular complexity index is 504. The first-order valence-corrected chi connectivity index (χ1v) is 6.49. The fourth-order valence-corrected chi connectivity index (χ4v) is 2.14. The molecule has 1 fully saturated rings. The van der Waals surface area contributed by atoms with Crippen LogP contribution in [-0.4, -0.2) is 37.7 Å². The molecular formula is C14H18N2O4. The topological polar surface area (TPSA) is 90.7 Å². The zero-order valence-electron chi connectivity index (χ0n) is 11.3. The molecule has 3 N–H and O–H groups in total. The molecule has 0 saturated carbocycles. The number of benzene rings is 1. The lowest BCUT2D eigenvalue weighted by molar-refractivity contribution is -0.126. The fourth-order valence-electron chi connectivity index (χ4n) is 2.14. The predicted octanol–water partition coefficient (Wildman–Crippen LogP) is 0.918. The van der Waals surface area contributed by atoms with Crippen LogP contribution in [-0.2, 0) is 14.3 Å². The third-order valence-electron chi connectivity index (χ3n) is 3.21. The van der Waals surface area contributed by atoms with E-state index in [0.717, 1.165) is 6.42 Å². The van der Waals surface area contributed by atoms with Gasteiger partial charge in [0.15, 0.2) is 0 Å². The Balaban J connectivity index is 1.99. The summed E-state index contributed by atoms with van der Waals surface area (Å²) < 4.78 is 10.1. The molecule has 0 aliphatic carbocycles. The number of nitrogens with one attached hydrogen (secondary N) is 1. The first-order chi connectivity index (χ1) is 9.63. The summed E-state index contributed by atoms with van der Waals surface area (Å²) in [6.07, 6.45) is 0.916. The molecule has 0 spiro atoms. The Labute approximate surface area is 117 Å². The van der Waals surface area contributed by atoms with Gasteiger partial charge in [0.05, 0.1) is 18.8 Å². The van der Waals surface area contributed by atoms with Gasteiger partial charge in [-0.25, -0.2) is 4.79 Å². The number of hydrogen-bond acceptors (Lipinski definition) is 5. The lowest BCUT2D eigenvalue weighted by Gasteiger charge is -2.13. The maximum Gasteiger partial charge on any atom is 0.337 e. The van der Waals surface area contributed by atoms with Crippen molar-refractivity contribution in [3.05, 3.63) is 29.8 Å². The van der Waals surface area contributed by atoms with E-state index >= 15 is 0 Å². The minimum atomic E-state index is -0.481. The normalized spacial score (nSPS) is 21.5. The third-order valence-corrected chi connectivity index (χ3v) is 3.21. The van der Waals surface area contributed by atoms with Gasteiger partial charge in [-0.15, -0.1) is 0 Å². The van der Waals surface area contributed by atoms with E-state index in [9.17, 15) is 9.59 Å². The Kier molecular flexibility index (Phi) is 4.70. The number of nitrogens with two attached hydrogens (primary N) is 1. The zero-order valence-corrected chi connectivity index (χ0v) is 11.3. The molecule has 6 heteroatoms. The summed E-state index contributed by atoms with van der Waals surface area (Å²) in [5, 5.41) is 2.74. The van der Waals surface area contributed by atoms with Crippen LogP contribution in [0.15, 0.2) is 24.3 Å². The number of ether oxygens (including phenoxy) is 2. The van der Waals surface area contributed by atoms with Gasteiger partial charge in [0.1, 0.15) is 6.10 Å². The molecule has 108 valence electrons. The van der Waals surface area contributed by atoms with Crippen molar-refractivity contribution in [2.45, 2.75) is 25.0 Å². The Morgan fingerprint density at radius 1 is 1.45 bits per heavy atom. The summed E-state index contributed by atoms with van der Waals surface area (Å²) >= 11 is 0. The van der Waals surface area contributed by atoms with Crippen molar-refractivity contribution in [1.82, 2.24) is 0 Å². The second kappa shape index (κ2) is 6.49. The average Bonchev–Trinajstić information content (AvgIpc) is 2.95. The highest BCUT2D eigenvalue weighted by molar-refractivity contribution is 5.96. The van der Waals surface area contributed by atoms with Gasteiger partial charge in [0.2, 0.25) is 0 Å². The molecule has 1 amide bonds. The smallest absolute Gasteiger partial charge is 0.337 e. The van der Waals surface area contributed by atoms with Crippen molar-refractivity contribution in [1.29, 1.82) is 0 Å². The molecule has 2 rings (SSSR count). The highest BCUT2D eigenvalue weighted by atomic mass is 16.5. The van der Waals surface area contributed by atoms with Crippen molar-refractivity contribution in [2.75, 3.05) is 19.0 Å². The standard InChI is InChI=1S/C14H18N2O4/c1-19-14(18)9-3-2-4-10(7-9)16-13(17)12-6-5-11(8-15)20-12/h2-4,7,11-12H,5-6,8,15H2,1H3,(H,16,17). The summed E-state index contributed by atoms with van der Waals surface area (Å²) in [6.45, 7) is 0.418. The number of hydrogen-bond donors (Lipinski definition) is 2. The molecule has 6 nitrogen and oxygen atoms in total. The molecule has 20 heavy (non-hydrogen) atoms. The van der Waals surface area contributed by atoms with Gasteiger partial charge in [-0.2, -0.15) is 0 Å². The molecular weight excluding hydrogens is 260 g/mol. The van der Waals surface area contributed by atoms with Crippen molar-refractivity contribution in [3.8, 4) is 0 Å². The predicted molar refractivity (Wildman–Crippen MR) is 73.4 cm³/mol. The van der Waals surface area contributed by atoms with E-state index in [-0.39, 0.29) is 12.0 Å². The largest absolute Gasteiger partial charge is 0.465 e. The van der Waals surface area contributed by atoms with Crippen LogP contribution < -0.4 is 11.1 Å². The molecule has 0 aromatic heterocycles. The van der Waals surface area contributed by atoms with Gasteiger partial charge in [-0.3, -0.25) is 4.79 Å². The van der Waals surface area contributed by atoms with Gasteiger partial charge >= 0.3 is 5.97 Å². The molecule has 1 aliphatic rings. The van der Waals surface area contributed by atoms with Crippen LogP contribution in [0.2, 0.25) is 0 Å². The molecule has 1 aromatic carbocycles. The van der Waals surface area contributed by atoms with Gasteiger partial charge in [0.25, 0.3) is 5.91 Å². The fraction of sp³-hybridized carbons (Fsp3) is 0.429. The second-order valence-corrected chi connectivity index (χ2v) is 4.62. The van der Waals surface area contributed by atoms with E-state index in [1.165, 1.54) is 7.11 Å².